The Morgan fingerprint density at radius 3 is 2.63 bits per heavy atom. The van der Waals surface area contributed by atoms with Gasteiger partial charge in [-0.1, -0.05) is 6.92 Å². The lowest BCUT2D eigenvalue weighted by atomic mass is 10.3. The summed E-state index contributed by atoms with van der Waals surface area (Å²) in [5.74, 6) is 1.14. The molecular weight excluding hydrogens is 372 g/mol. The summed E-state index contributed by atoms with van der Waals surface area (Å²) in [7, 11) is -3.85. The highest BCUT2D eigenvalue weighted by molar-refractivity contribution is 7.91. The van der Waals surface area contributed by atoms with E-state index in [0.29, 0.717) is 31.3 Å². The van der Waals surface area contributed by atoms with Crippen molar-refractivity contribution in [1.29, 1.82) is 0 Å². The zero-order valence-corrected chi connectivity index (χ0v) is 15.8. The van der Waals surface area contributed by atoms with E-state index in [1.54, 1.807) is 18.2 Å². The molecule has 0 saturated carbocycles. The van der Waals surface area contributed by atoms with E-state index < -0.39 is 21.1 Å². The number of carbonyl (C=O) groups is 1. The molecule has 0 aliphatic carbocycles. The van der Waals surface area contributed by atoms with Gasteiger partial charge in [-0.15, -0.1) is 0 Å². The number of furan rings is 1. The third kappa shape index (κ3) is 4.36. The molecule has 0 spiro atoms. The van der Waals surface area contributed by atoms with Crippen LogP contribution < -0.4 is 20.1 Å². The summed E-state index contributed by atoms with van der Waals surface area (Å²) in [6.45, 7) is 3.09. The van der Waals surface area contributed by atoms with Crippen LogP contribution in [0.1, 0.15) is 24.4 Å². The van der Waals surface area contributed by atoms with E-state index in [-0.39, 0.29) is 17.2 Å². The van der Waals surface area contributed by atoms with Crippen LogP contribution in [-0.2, 0) is 9.84 Å². The molecule has 0 fully saturated rings. The number of hydrogen-bond donors (Lipinski definition) is 2. The molecular formula is C18H22N2O6S. The fourth-order valence-corrected chi connectivity index (χ4v) is 4.29. The van der Waals surface area contributed by atoms with Crippen molar-refractivity contribution in [2.24, 2.45) is 0 Å². The number of carbonyl (C=O) groups excluding carboxylic acids is 1. The largest absolute Gasteiger partial charge is 0.486 e. The van der Waals surface area contributed by atoms with Crippen molar-refractivity contribution >= 4 is 15.9 Å². The van der Waals surface area contributed by atoms with Crippen LogP contribution in [0.15, 0.2) is 45.9 Å². The molecule has 1 aliphatic rings. The zero-order valence-electron chi connectivity index (χ0n) is 14.9. The number of rotatable bonds is 7. The second-order valence-electron chi connectivity index (χ2n) is 5.99. The second-order valence-corrected chi connectivity index (χ2v) is 8.12. The Morgan fingerprint density at radius 2 is 1.93 bits per heavy atom. The standard InChI is InChI=1S/C18H22N2O6S/c1-2-7-19-18(21)20-12-17(15-4-3-8-24-15)27(22,23)13-5-6-14-16(11-13)26-10-9-25-14/h3-6,8,11,17H,2,7,9-10,12H2,1H3,(H2,19,20,21)/t17-/m0/s1. The highest BCUT2D eigenvalue weighted by atomic mass is 32.2. The Balaban J connectivity index is 1.85. The quantitative estimate of drug-likeness (QED) is 0.746. The highest BCUT2D eigenvalue weighted by Gasteiger charge is 2.33. The van der Waals surface area contributed by atoms with Gasteiger partial charge in [0.05, 0.1) is 11.2 Å². The minimum absolute atomic E-state index is 0.0731. The van der Waals surface area contributed by atoms with E-state index in [1.807, 2.05) is 6.92 Å². The van der Waals surface area contributed by atoms with E-state index in [2.05, 4.69) is 10.6 Å². The van der Waals surface area contributed by atoms with Crippen LogP contribution >= 0.6 is 0 Å². The number of benzene rings is 1. The molecule has 146 valence electrons. The molecule has 1 aromatic heterocycles. The summed E-state index contributed by atoms with van der Waals surface area (Å²) in [6.07, 6.45) is 2.18. The first kappa shape index (κ1) is 19.1. The van der Waals surface area contributed by atoms with Crippen LogP contribution in [0.2, 0.25) is 0 Å². The lowest BCUT2D eigenvalue weighted by Gasteiger charge is -2.21. The van der Waals surface area contributed by atoms with E-state index in [4.69, 9.17) is 13.9 Å². The third-order valence-corrected chi connectivity index (χ3v) is 6.12. The Kier molecular flexibility index (Phi) is 5.90. The first-order valence-electron chi connectivity index (χ1n) is 8.71. The Labute approximate surface area is 157 Å². The SMILES string of the molecule is CCCNC(=O)NC[C@@H](c1ccco1)S(=O)(=O)c1ccc2c(c1)OCCO2. The van der Waals surface area contributed by atoms with Gasteiger partial charge in [-0.05, 0) is 30.7 Å². The molecule has 3 rings (SSSR count). The summed E-state index contributed by atoms with van der Waals surface area (Å²) in [5.41, 5.74) is 0. The zero-order chi connectivity index (χ0) is 19.3. The van der Waals surface area contributed by atoms with Gasteiger partial charge in [0.25, 0.3) is 0 Å². The van der Waals surface area contributed by atoms with Crippen LogP contribution in [0.4, 0.5) is 4.79 Å². The molecule has 9 heteroatoms. The maximum atomic E-state index is 13.2. The van der Waals surface area contributed by atoms with Gasteiger partial charge in [0.2, 0.25) is 0 Å². The van der Waals surface area contributed by atoms with Crippen molar-refractivity contribution in [3.8, 4) is 11.5 Å². The first-order valence-corrected chi connectivity index (χ1v) is 10.3. The number of amides is 2. The van der Waals surface area contributed by atoms with Crippen LogP contribution in [0, 0.1) is 0 Å². The van der Waals surface area contributed by atoms with Crippen molar-refractivity contribution < 1.29 is 27.1 Å². The Hall–Kier alpha value is -2.68. The smallest absolute Gasteiger partial charge is 0.314 e. The molecule has 27 heavy (non-hydrogen) atoms. The molecule has 0 bridgehead atoms. The summed E-state index contributed by atoms with van der Waals surface area (Å²) in [5, 5.41) is 4.18. The van der Waals surface area contributed by atoms with Gasteiger partial charge in [0.1, 0.15) is 24.2 Å². The van der Waals surface area contributed by atoms with E-state index in [1.165, 1.54) is 18.4 Å². The van der Waals surface area contributed by atoms with Gasteiger partial charge in [-0.2, -0.15) is 0 Å². The topological polar surface area (TPSA) is 107 Å². The van der Waals surface area contributed by atoms with Gasteiger partial charge in [-0.25, -0.2) is 13.2 Å². The van der Waals surface area contributed by atoms with Gasteiger partial charge in [0, 0.05) is 19.2 Å². The third-order valence-electron chi connectivity index (χ3n) is 4.06. The summed E-state index contributed by atoms with van der Waals surface area (Å²) < 4.78 is 42.7. The first-order chi connectivity index (χ1) is 13.0. The monoisotopic (exact) mass is 394 g/mol. The number of ether oxygens (including phenoxy) is 2. The molecule has 0 saturated heterocycles. The highest BCUT2D eigenvalue weighted by Crippen LogP contribution is 2.36. The van der Waals surface area contributed by atoms with Gasteiger partial charge in [-0.3, -0.25) is 0 Å². The molecule has 2 aromatic rings. The fraction of sp³-hybridized carbons (Fsp3) is 0.389. The molecule has 1 aromatic carbocycles. The van der Waals surface area contributed by atoms with Crippen molar-refractivity contribution in [3.63, 3.8) is 0 Å². The van der Waals surface area contributed by atoms with Crippen LogP contribution in [-0.4, -0.2) is 40.8 Å². The molecule has 1 aliphatic heterocycles. The van der Waals surface area contributed by atoms with Crippen molar-refractivity contribution in [2.45, 2.75) is 23.5 Å². The molecule has 2 amide bonds. The Morgan fingerprint density at radius 1 is 1.15 bits per heavy atom. The van der Waals surface area contributed by atoms with Crippen molar-refractivity contribution in [2.75, 3.05) is 26.3 Å². The molecule has 2 heterocycles. The number of hydrogen-bond acceptors (Lipinski definition) is 6. The van der Waals surface area contributed by atoms with E-state index in [9.17, 15) is 13.2 Å². The molecule has 8 nitrogen and oxygen atoms in total. The van der Waals surface area contributed by atoms with Crippen LogP contribution in [0.3, 0.4) is 0 Å². The predicted octanol–water partition coefficient (Wildman–Crippen LogP) is 2.28. The van der Waals surface area contributed by atoms with Crippen LogP contribution in [0.5, 0.6) is 11.5 Å². The number of fused-ring (bicyclic) bond motifs is 1. The lowest BCUT2D eigenvalue weighted by Crippen LogP contribution is -2.39. The number of sulfone groups is 1. The molecule has 1 atom stereocenters. The summed E-state index contributed by atoms with van der Waals surface area (Å²) in [4.78, 5) is 11.9. The lowest BCUT2D eigenvalue weighted by molar-refractivity contribution is 0.171. The maximum absolute atomic E-state index is 13.2. The normalized spacial score (nSPS) is 14.4. The average Bonchev–Trinajstić information content (AvgIpc) is 3.20. The van der Waals surface area contributed by atoms with E-state index in [0.717, 1.165) is 6.42 Å². The number of nitrogens with one attached hydrogen (secondary N) is 2. The fourth-order valence-electron chi connectivity index (χ4n) is 2.69. The van der Waals surface area contributed by atoms with Gasteiger partial charge < -0.3 is 24.5 Å². The molecule has 0 unspecified atom stereocenters. The summed E-state index contributed by atoms with van der Waals surface area (Å²) >= 11 is 0. The van der Waals surface area contributed by atoms with Crippen molar-refractivity contribution in [3.05, 3.63) is 42.4 Å². The van der Waals surface area contributed by atoms with Crippen LogP contribution in [0.25, 0.3) is 0 Å². The minimum atomic E-state index is -3.85. The summed E-state index contributed by atoms with van der Waals surface area (Å²) in [6, 6.07) is 7.24. The maximum Gasteiger partial charge on any atom is 0.314 e. The molecule has 0 radical (unpaired) electrons. The average molecular weight is 394 g/mol. The predicted molar refractivity (Wildman–Crippen MR) is 97.8 cm³/mol. The van der Waals surface area contributed by atoms with Crippen molar-refractivity contribution in [1.82, 2.24) is 10.6 Å². The van der Waals surface area contributed by atoms with Gasteiger partial charge in [0.15, 0.2) is 21.3 Å². The number of urea groups is 1. The van der Waals surface area contributed by atoms with Gasteiger partial charge >= 0.3 is 6.03 Å². The minimum Gasteiger partial charge on any atom is -0.486 e. The van der Waals surface area contributed by atoms with E-state index >= 15 is 0 Å². The Bertz CT molecular complexity index is 879. The second kappa shape index (κ2) is 8.34. The molecule has 2 N–H and O–H groups in total.